The highest BCUT2D eigenvalue weighted by Crippen LogP contribution is 2.47. The van der Waals surface area contributed by atoms with E-state index in [-0.39, 0.29) is 41.3 Å². The summed E-state index contributed by atoms with van der Waals surface area (Å²) in [6.45, 7) is 4.52. The molecule has 2 atom stereocenters. The Kier molecular flexibility index (Phi) is 8.42. The molecule has 4 fully saturated rings. The number of alkyl halides is 3. The molecule has 1 saturated carbocycles. The third-order valence-electron chi connectivity index (χ3n) is 10.8. The highest BCUT2D eigenvalue weighted by atomic mass is 19.4. The number of rotatable bonds is 7. The smallest absolute Gasteiger partial charge is 0.471 e. The molecular weight excluding hydrogens is 666 g/mol. The van der Waals surface area contributed by atoms with Crippen molar-refractivity contribution in [2.45, 2.75) is 50.4 Å². The summed E-state index contributed by atoms with van der Waals surface area (Å²) in [4.78, 5) is 26.9. The third kappa shape index (κ3) is 6.29. The zero-order valence-corrected chi connectivity index (χ0v) is 27.9. The molecule has 3 aromatic carbocycles. The first-order valence-electron chi connectivity index (χ1n) is 17.3. The van der Waals surface area contributed by atoms with Crippen LogP contribution in [0.3, 0.4) is 0 Å². The first-order valence-corrected chi connectivity index (χ1v) is 17.3. The predicted octanol–water partition coefficient (Wildman–Crippen LogP) is 5.90. The Balaban J connectivity index is 1.19. The van der Waals surface area contributed by atoms with E-state index in [9.17, 15) is 23.1 Å². The van der Waals surface area contributed by atoms with Gasteiger partial charge in [-0.1, -0.05) is 24.1 Å². The summed E-state index contributed by atoms with van der Waals surface area (Å²) in [5, 5.41) is 12.2. The van der Waals surface area contributed by atoms with Gasteiger partial charge in [-0.2, -0.15) is 23.1 Å². The van der Waals surface area contributed by atoms with Gasteiger partial charge in [0.25, 0.3) is 0 Å². The number of amides is 1. The minimum absolute atomic E-state index is 0.0298. The van der Waals surface area contributed by atoms with Gasteiger partial charge in [-0.15, -0.1) is 6.42 Å². The third-order valence-corrected chi connectivity index (χ3v) is 10.8. The Morgan fingerprint density at radius 2 is 1.84 bits per heavy atom. The Morgan fingerprint density at radius 3 is 2.57 bits per heavy atom. The molecule has 4 aromatic rings. The zero-order chi connectivity index (χ0) is 35.5. The van der Waals surface area contributed by atoms with Crippen molar-refractivity contribution in [3.05, 3.63) is 53.8 Å². The number of phenolic OH excluding ortho intramolecular Hbond substituents is 1. The number of aromatic nitrogens is 2. The Hall–Kier alpha value is -4.67. The van der Waals surface area contributed by atoms with Crippen LogP contribution >= 0.6 is 0 Å². The molecule has 0 spiro atoms. The van der Waals surface area contributed by atoms with Crippen LogP contribution in [0.1, 0.15) is 37.7 Å². The van der Waals surface area contributed by atoms with E-state index >= 15 is 4.39 Å². The summed E-state index contributed by atoms with van der Waals surface area (Å²) in [5.41, 5.74) is 0.943. The lowest BCUT2D eigenvalue weighted by Crippen LogP contribution is -2.59. The van der Waals surface area contributed by atoms with Gasteiger partial charge in [0.1, 0.15) is 17.1 Å². The number of fused-ring (bicyclic) bond motifs is 4. The average Bonchev–Trinajstić information content (AvgIpc) is 3.88. The predicted molar refractivity (Wildman–Crippen MR) is 183 cm³/mol. The molecule has 4 aliphatic rings. The number of anilines is 1. The van der Waals surface area contributed by atoms with Crippen molar-refractivity contribution in [3.8, 4) is 35.2 Å². The highest BCUT2D eigenvalue weighted by molar-refractivity contribution is 6.04. The number of carbonyl (C=O) groups is 1. The van der Waals surface area contributed by atoms with Gasteiger partial charge >= 0.3 is 18.1 Å². The summed E-state index contributed by atoms with van der Waals surface area (Å²) in [7, 11) is 0. The van der Waals surface area contributed by atoms with E-state index in [0.717, 1.165) is 50.4 Å². The number of hydrogen-bond donors (Lipinski definition) is 1. The number of hydrogen-bond acceptors (Lipinski definition) is 8. The van der Waals surface area contributed by atoms with E-state index in [1.54, 1.807) is 36.4 Å². The summed E-state index contributed by atoms with van der Waals surface area (Å²) < 4.78 is 69.4. The van der Waals surface area contributed by atoms with Crippen LogP contribution in [-0.4, -0.2) is 102 Å². The molecule has 3 saturated heterocycles. The van der Waals surface area contributed by atoms with Crippen molar-refractivity contribution in [2.24, 2.45) is 5.41 Å². The van der Waals surface area contributed by atoms with E-state index in [1.807, 2.05) is 4.90 Å². The fraction of sp³-hybridized carbons (Fsp3) is 0.447. The quantitative estimate of drug-likeness (QED) is 0.188. The number of halogens is 4. The van der Waals surface area contributed by atoms with Crippen LogP contribution in [0.4, 0.5) is 23.4 Å². The summed E-state index contributed by atoms with van der Waals surface area (Å²) in [6.07, 6.45) is 4.57. The first-order chi connectivity index (χ1) is 24.5. The second kappa shape index (κ2) is 12.8. The maximum absolute atomic E-state index is 17.0. The maximum atomic E-state index is 17.0. The molecule has 266 valence electrons. The Labute approximate surface area is 292 Å². The molecule has 1 aliphatic carbocycles. The lowest BCUT2D eigenvalue weighted by Gasteiger charge is -2.42. The van der Waals surface area contributed by atoms with E-state index in [2.05, 4.69) is 15.8 Å². The fourth-order valence-electron chi connectivity index (χ4n) is 8.11. The molecule has 3 aliphatic heterocycles. The normalized spacial score (nSPS) is 21.9. The molecule has 8 rings (SSSR count). The standard InChI is InChI=1S/C38H37F4N5O4/c1-2-23-5-3-6-24-17-27(48)18-30(31(23)24)28-9-10-29-33(32(28)39)43-36(51-22-37(11-12-37)21-45-13-4-15-50-16-14-45)44-34(29)46-19-25-7-8-26(20-46)47(25)35(49)38(40,41)42/h1,3,5-6,9-10,17-18,25-26,48H,4,7-8,11-16,19-22H2. The maximum Gasteiger partial charge on any atom is 0.471 e. The van der Waals surface area contributed by atoms with Crippen molar-refractivity contribution in [1.82, 2.24) is 19.8 Å². The minimum atomic E-state index is -4.97. The van der Waals surface area contributed by atoms with E-state index in [4.69, 9.17) is 20.9 Å². The van der Waals surface area contributed by atoms with Crippen LogP contribution in [0.2, 0.25) is 0 Å². The van der Waals surface area contributed by atoms with Crippen molar-refractivity contribution in [3.63, 3.8) is 0 Å². The number of terminal acetylenes is 1. The van der Waals surface area contributed by atoms with Crippen molar-refractivity contribution >= 4 is 33.4 Å². The number of piperazine rings is 1. The first kappa shape index (κ1) is 33.5. The molecule has 2 unspecified atom stereocenters. The molecule has 2 bridgehead atoms. The zero-order valence-electron chi connectivity index (χ0n) is 27.9. The monoisotopic (exact) mass is 703 g/mol. The van der Waals surface area contributed by atoms with Crippen molar-refractivity contribution in [1.29, 1.82) is 0 Å². The van der Waals surface area contributed by atoms with Gasteiger partial charge in [-0.3, -0.25) is 4.79 Å². The lowest BCUT2D eigenvalue weighted by molar-refractivity contribution is -0.188. The number of benzene rings is 3. The van der Waals surface area contributed by atoms with Gasteiger partial charge in [-0.05, 0) is 67.3 Å². The topological polar surface area (TPSA) is 91.3 Å². The van der Waals surface area contributed by atoms with E-state index < -0.39 is 30.0 Å². The molecule has 1 N–H and O–H groups in total. The number of aromatic hydroxyl groups is 1. The van der Waals surface area contributed by atoms with Crippen LogP contribution < -0.4 is 9.64 Å². The minimum Gasteiger partial charge on any atom is -0.508 e. The Bertz CT molecular complexity index is 2040. The van der Waals surface area contributed by atoms with Crippen LogP contribution in [0, 0.1) is 23.6 Å². The number of carbonyl (C=O) groups excluding carboxylic acids is 1. The van der Waals surface area contributed by atoms with Gasteiger partial charge in [0, 0.05) is 66.6 Å². The summed E-state index contributed by atoms with van der Waals surface area (Å²) in [5.74, 6) is 0.405. The van der Waals surface area contributed by atoms with Crippen LogP contribution in [0.15, 0.2) is 42.5 Å². The molecule has 9 nitrogen and oxygen atoms in total. The molecule has 1 amide bonds. The van der Waals surface area contributed by atoms with Gasteiger partial charge in [0.15, 0.2) is 5.82 Å². The van der Waals surface area contributed by atoms with Crippen LogP contribution in [-0.2, 0) is 9.53 Å². The SMILES string of the molecule is C#Cc1cccc2cc(O)cc(-c3ccc4c(N5CC6CCC(C5)N6C(=O)C(F)(F)F)nc(OCC5(CN6CCCOCC6)CC5)nc4c3F)c12. The average molecular weight is 704 g/mol. The van der Waals surface area contributed by atoms with E-state index in [1.165, 1.54) is 6.07 Å². The van der Waals surface area contributed by atoms with E-state index in [0.29, 0.717) is 59.2 Å². The van der Waals surface area contributed by atoms with Crippen molar-refractivity contribution < 1.29 is 36.9 Å². The molecule has 0 radical (unpaired) electrons. The molecule has 1 aromatic heterocycles. The molecule has 51 heavy (non-hydrogen) atoms. The van der Waals surface area contributed by atoms with Crippen LogP contribution in [0.5, 0.6) is 11.8 Å². The second-order valence-corrected chi connectivity index (χ2v) is 14.2. The Morgan fingerprint density at radius 1 is 1.06 bits per heavy atom. The number of phenols is 1. The van der Waals surface area contributed by atoms with Gasteiger partial charge < -0.3 is 29.3 Å². The summed E-state index contributed by atoms with van der Waals surface area (Å²) in [6, 6.07) is 10.2. The van der Waals surface area contributed by atoms with Gasteiger partial charge in [-0.25, -0.2) is 4.39 Å². The molecule has 13 heteroatoms. The largest absolute Gasteiger partial charge is 0.508 e. The molecular formula is C38H37F4N5O4. The fourth-order valence-corrected chi connectivity index (χ4v) is 8.11. The van der Waals surface area contributed by atoms with Crippen LogP contribution in [0.25, 0.3) is 32.8 Å². The highest BCUT2D eigenvalue weighted by Gasteiger charge is 2.52. The van der Waals surface area contributed by atoms with Crippen molar-refractivity contribution in [2.75, 3.05) is 57.4 Å². The number of ether oxygens (including phenoxy) is 2. The second-order valence-electron chi connectivity index (χ2n) is 14.2. The van der Waals surface area contributed by atoms with Gasteiger partial charge in [0.05, 0.1) is 25.3 Å². The molecule has 4 heterocycles. The van der Waals surface area contributed by atoms with Gasteiger partial charge in [0.2, 0.25) is 0 Å². The summed E-state index contributed by atoms with van der Waals surface area (Å²) >= 11 is 0. The number of nitrogens with zero attached hydrogens (tertiary/aromatic N) is 5. The lowest BCUT2D eigenvalue weighted by atomic mass is 9.93.